The number of halogens is 2. The fraction of sp³-hybridized carbons (Fsp3) is 1.00. The Morgan fingerprint density at radius 3 is 2.33 bits per heavy atom. The maximum atomic E-state index is 12.2. The number of hydrogen-bond acceptors (Lipinski definition) is 2. The van der Waals surface area contributed by atoms with Gasteiger partial charge in [-0.25, -0.2) is 8.78 Å². The third kappa shape index (κ3) is 4.03. The summed E-state index contributed by atoms with van der Waals surface area (Å²) in [5.41, 5.74) is 5.90. The molecular weight excluding hydrogens is 198 g/mol. The summed E-state index contributed by atoms with van der Waals surface area (Å²) < 4.78 is 24.4. The molecule has 0 aromatic heterocycles. The second kappa shape index (κ2) is 5.75. The highest BCUT2D eigenvalue weighted by molar-refractivity contribution is 4.86. The monoisotopic (exact) mass is 220 g/mol. The van der Waals surface area contributed by atoms with Crippen LogP contribution in [0.4, 0.5) is 8.78 Å². The number of alkyl halides is 2. The van der Waals surface area contributed by atoms with Gasteiger partial charge in [-0.2, -0.15) is 0 Å². The zero-order valence-electron chi connectivity index (χ0n) is 9.51. The van der Waals surface area contributed by atoms with Gasteiger partial charge in [0.05, 0.1) is 6.54 Å². The highest BCUT2D eigenvalue weighted by Gasteiger charge is 2.32. The van der Waals surface area contributed by atoms with Gasteiger partial charge in [0.25, 0.3) is 6.43 Å². The highest BCUT2D eigenvalue weighted by atomic mass is 19.3. The van der Waals surface area contributed by atoms with Gasteiger partial charge in [0.15, 0.2) is 0 Å². The van der Waals surface area contributed by atoms with E-state index >= 15 is 0 Å². The normalized spacial score (nSPS) is 21.2. The Hall–Kier alpha value is -0.220. The van der Waals surface area contributed by atoms with Crippen LogP contribution in [0, 0.1) is 5.41 Å². The van der Waals surface area contributed by atoms with Crippen LogP contribution >= 0.6 is 0 Å². The SMILES string of the molecule is CN(CC(F)F)CC1(CN)CCCCC1. The third-order valence-electron chi connectivity index (χ3n) is 3.40. The highest BCUT2D eigenvalue weighted by Crippen LogP contribution is 2.35. The molecule has 0 saturated heterocycles. The summed E-state index contributed by atoms with van der Waals surface area (Å²) in [6.45, 7) is 1.20. The van der Waals surface area contributed by atoms with Crippen molar-refractivity contribution < 1.29 is 8.78 Å². The van der Waals surface area contributed by atoms with Crippen LogP contribution in [0.15, 0.2) is 0 Å². The molecule has 2 nitrogen and oxygen atoms in total. The molecule has 0 amide bonds. The summed E-state index contributed by atoms with van der Waals surface area (Å²) in [5.74, 6) is 0. The van der Waals surface area contributed by atoms with Gasteiger partial charge in [-0.15, -0.1) is 0 Å². The molecule has 1 rings (SSSR count). The molecule has 1 saturated carbocycles. The lowest BCUT2D eigenvalue weighted by atomic mass is 9.74. The van der Waals surface area contributed by atoms with Crippen molar-refractivity contribution in [2.45, 2.75) is 38.5 Å². The van der Waals surface area contributed by atoms with Gasteiger partial charge in [-0.1, -0.05) is 19.3 Å². The maximum absolute atomic E-state index is 12.2. The van der Waals surface area contributed by atoms with Crippen molar-refractivity contribution in [2.75, 3.05) is 26.7 Å². The van der Waals surface area contributed by atoms with E-state index in [2.05, 4.69) is 0 Å². The Labute approximate surface area is 90.8 Å². The molecule has 90 valence electrons. The summed E-state index contributed by atoms with van der Waals surface area (Å²) in [5, 5.41) is 0. The molecule has 4 heteroatoms. The van der Waals surface area contributed by atoms with Gasteiger partial charge in [-0.3, -0.25) is 0 Å². The number of nitrogens with two attached hydrogens (primary N) is 1. The van der Waals surface area contributed by atoms with Gasteiger partial charge in [-0.05, 0) is 31.8 Å². The molecule has 1 aliphatic rings. The van der Waals surface area contributed by atoms with Gasteiger partial charge in [0.1, 0.15) is 0 Å². The molecule has 0 heterocycles. The Morgan fingerprint density at radius 2 is 1.87 bits per heavy atom. The molecule has 1 aliphatic carbocycles. The molecule has 0 unspecified atom stereocenters. The van der Waals surface area contributed by atoms with Crippen molar-refractivity contribution >= 4 is 0 Å². The van der Waals surface area contributed by atoms with Crippen LogP contribution in [-0.4, -0.2) is 38.0 Å². The lowest BCUT2D eigenvalue weighted by Crippen LogP contribution is -2.43. The minimum atomic E-state index is -2.24. The molecule has 0 aromatic rings. The first-order chi connectivity index (χ1) is 7.08. The van der Waals surface area contributed by atoms with Crippen LogP contribution in [0.1, 0.15) is 32.1 Å². The molecule has 1 fully saturated rings. The maximum Gasteiger partial charge on any atom is 0.251 e. The quantitative estimate of drug-likeness (QED) is 0.768. The van der Waals surface area contributed by atoms with Crippen LogP contribution in [0.3, 0.4) is 0 Å². The molecule has 0 atom stereocenters. The Balaban J connectivity index is 2.43. The number of hydrogen-bond donors (Lipinski definition) is 1. The van der Waals surface area contributed by atoms with Crippen LogP contribution in [-0.2, 0) is 0 Å². The van der Waals surface area contributed by atoms with Gasteiger partial charge in [0.2, 0.25) is 0 Å². The first-order valence-corrected chi connectivity index (χ1v) is 5.75. The van der Waals surface area contributed by atoms with Gasteiger partial charge in [0, 0.05) is 6.54 Å². The van der Waals surface area contributed by atoms with E-state index in [9.17, 15) is 8.78 Å². The third-order valence-corrected chi connectivity index (χ3v) is 3.40. The van der Waals surface area contributed by atoms with Crippen LogP contribution < -0.4 is 5.73 Å². The van der Waals surface area contributed by atoms with Crippen molar-refractivity contribution in [3.8, 4) is 0 Å². The number of rotatable bonds is 5. The zero-order chi connectivity index (χ0) is 11.3. The van der Waals surface area contributed by atoms with Crippen molar-refractivity contribution in [3.63, 3.8) is 0 Å². The standard InChI is InChI=1S/C11H22F2N2/c1-15(7-10(12)13)9-11(8-14)5-3-2-4-6-11/h10H,2-9,14H2,1H3. The first-order valence-electron chi connectivity index (χ1n) is 5.75. The summed E-state index contributed by atoms with van der Waals surface area (Å²) >= 11 is 0. The van der Waals surface area contributed by atoms with Crippen molar-refractivity contribution in [3.05, 3.63) is 0 Å². The van der Waals surface area contributed by atoms with Crippen LogP contribution in [0.2, 0.25) is 0 Å². The number of nitrogens with zero attached hydrogens (tertiary/aromatic N) is 1. The lowest BCUT2D eigenvalue weighted by molar-refractivity contribution is 0.0636. The summed E-state index contributed by atoms with van der Waals surface area (Å²) in [6, 6.07) is 0. The Bertz CT molecular complexity index is 179. The minimum Gasteiger partial charge on any atom is -0.330 e. The van der Waals surface area contributed by atoms with Crippen molar-refractivity contribution in [1.82, 2.24) is 4.90 Å². The van der Waals surface area contributed by atoms with Gasteiger partial charge < -0.3 is 10.6 Å². The minimum absolute atomic E-state index is 0.0991. The molecule has 15 heavy (non-hydrogen) atoms. The molecule has 0 spiro atoms. The Kier molecular flexibility index (Phi) is 4.93. The average Bonchev–Trinajstić information content (AvgIpc) is 2.17. The van der Waals surface area contributed by atoms with E-state index in [1.165, 1.54) is 19.3 Å². The molecule has 0 aliphatic heterocycles. The molecule has 0 bridgehead atoms. The fourth-order valence-electron chi connectivity index (χ4n) is 2.60. The molecular formula is C11H22F2N2. The summed E-state index contributed by atoms with van der Waals surface area (Å²) in [4.78, 5) is 1.73. The van der Waals surface area contributed by atoms with E-state index in [1.807, 2.05) is 0 Å². The zero-order valence-corrected chi connectivity index (χ0v) is 9.51. The topological polar surface area (TPSA) is 29.3 Å². The van der Waals surface area contributed by atoms with E-state index in [1.54, 1.807) is 11.9 Å². The van der Waals surface area contributed by atoms with E-state index in [0.717, 1.165) is 12.8 Å². The largest absolute Gasteiger partial charge is 0.330 e. The van der Waals surface area contributed by atoms with Crippen molar-refractivity contribution in [1.29, 1.82) is 0 Å². The molecule has 0 aromatic carbocycles. The van der Waals surface area contributed by atoms with E-state index in [4.69, 9.17) is 5.73 Å². The molecule has 2 N–H and O–H groups in total. The predicted molar refractivity (Wildman–Crippen MR) is 58.1 cm³/mol. The van der Waals surface area contributed by atoms with Gasteiger partial charge >= 0.3 is 0 Å². The van der Waals surface area contributed by atoms with Crippen LogP contribution in [0.5, 0.6) is 0 Å². The van der Waals surface area contributed by atoms with Crippen LogP contribution in [0.25, 0.3) is 0 Å². The average molecular weight is 220 g/mol. The second-order valence-corrected chi connectivity index (χ2v) is 4.85. The van der Waals surface area contributed by atoms with Crippen molar-refractivity contribution in [2.24, 2.45) is 11.1 Å². The van der Waals surface area contributed by atoms with E-state index < -0.39 is 6.43 Å². The smallest absolute Gasteiger partial charge is 0.251 e. The van der Waals surface area contributed by atoms with E-state index in [0.29, 0.717) is 13.1 Å². The predicted octanol–water partition coefficient (Wildman–Crippen LogP) is 2.09. The van der Waals surface area contributed by atoms with E-state index in [-0.39, 0.29) is 12.0 Å². The first kappa shape index (κ1) is 12.8. The summed E-state index contributed by atoms with van der Waals surface area (Å²) in [6.07, 6.45) is 3.60. The second-order valence-electron chi connectivity index (χ2n) is 4.85. The fourth-order valence-corrected chi connectivity index (χ4v) is 2.60. The lowest BCUT2D eigenvalue weighted by Gasteiger charge is -2.39. The summed E-state index contributed by atoms with van der Waals surface area (Å²) in [7, 11) is 1.76. The Morgan fingerprint density at radius 1 is 1.27 bits per heavy atom. The molecule has 0 radical (unpaired) electrons.